The van der Waals surface area contributed by atoms with Crippen molar-refractivity contribution in [1.29, 1.82) is 0 Å². The third-order valence-electron chi connectivity index (χ3n) is 15.4. The van der Waals surface area contributed by atoms with E-state index in [2.05, 4.69) is 249 Å². The van der Waals surface area contributed by atoms with Gasteiger partial charge in [0.15, 0.2) is 0 Å². The second kappa shape index (κ2) is 15.6. The van der Waals surface area contributed by atoms with Crippen molar-refractivity contribution in [3.05, 3.63) is 249 Å². The highest BCUT2D eigenvalue weighted by Crippen LogP contribution is 2.56. The van der Waals surface area contributed by atoms with Crippen LogP contribution in [-0.4, -0.2) is 0 Å². The quantitative estimate of drug-likeness (QED) is 0.0959. The maximum absolute atomic E-state index is 5.73. The first-order valence-electron chi connectivity index (χ1n) is 24.6. The van der Waals surface area contributed by atoms with E-state index < -0.39 is 0 Å². The number of benzene rings is 15. The van der Waals surface area contributed by atoms with Crippen LogP contribution >= 0.6 is 12.6 Å². The Hall–Kier alpha value is -8.75. The number of hydrogen-bond acceptors (Lipinski definition) is 1. The second-order valence-electron chi connectivity index (χ2n) is 19.1. The molecular formula is C70H42S. The summed E-state index contributed by atoms with van der Waals surface area (Å²) >= 11 is 5.73. The highest BCUT2D eigenvalue weighted by molar-refractivity contribution is 7.80. The molecule has 0 unspecified atom stereocenters. The van der Waals surface area contributed by atoms with E-state index in [1.54, 1.807) is 0 Å². The summed E-state index contributed by atoms with van der Waals surface area (Å²) in [6, 6.07) is 92.4. The fraction of sp³-hybridized carbons (Fsp3) is 0. The molecule has 0 heterocycles. The molecule has 0 aromatic heterocycles. The molecule has 0 radical (unpaired) electrons. The molecule has 15 rings (SSSR count). The summed E-state index contributed by atoms with van der Waals surface area (Å²) in [7, 11) is 0. The van der Waals surface area contributed by atoms with Crippen molar-refractivity contribution in [2.45, 2.75) is 4.90 Å². The lowest BCUT2D eigenvalue weighted by Crippen LogP contribution is -1.99. The van der Waals surface area contributed by atoms with Crippen LogP contribution in [0.15, 0.2) is 254 Å². The van der Waals surface area contributed by atoms with Gasteiger partial charge in [-0.2, -0.15) is 0 Å². The molecule has 0 aliphatic heterocycles. The molecule has 0 N–H and O–H groups in total. The van der Waals surface area contributed by atoms with Gasteiger partial charge in [-0.05, 0) is 159 Å². The predicted octanol–water partition coefficient (Wildman–Crippen LogP) is 20.1. The molecule has 0 fully saturated rings. The van der Waals surface area contributed by atoms with Crippen molar-refractivity contribution in [2.24, 2.45) is 0 Å². The first-order valence-corrected chi connectivity index (χ1v) is 25.0. The summed E-state index contributed by atoms with van der Waals surface area (Å²) in [5.41, 5.74) is 14.3. The molecule has 15 aromatic carbocycles. The molecular weight excluding hydrogens is 873 g/mol. The Labute approximate surface area is 416 Å². The largest absolute Gasteiger partial charge is 0.143 e. The molecule has 1 heteroatoms. The third kappa shape index (κ3) is 5.82. The Morgan fingerprint density at radius 3 is 0.958 bits per heavy atom. The van der Waals surface area contributed by atoms with Gasteiger partial charge < -0.3 is 0 Å². The zero-order valence-electron chi connectivity index (χ0n) is 38.6. The standard InChI is InChI=1S/C70H42S/c71-58-41-48(65-63(46-23-9-3-10-24-46)61(44-19-5-1-6-20-44)56-37-17-33-51-49-31-13-27-42-29-15-35-54(59(42)49)69(65)66(51)56)39-40-53(58)68-64(47-25-11-4-12-26-47)62(45-21-7-2-8-22-45)57-38-18-34-52-50-32-14-28-43-30-16-36-55(60(43)50)70(68)67(52)57/h1-41,71H. The van der Waals surface area contributed by atoms with Crippen LogP contribution in [0, 0.1) is 0 Å². The van der Waals surface area contributed by atoms with Gasteiger partial charge in [-0.1, -0.05) is 243 Å². The van der Waals surface area contributed by atoms with Crippen molar-refractivity contribution in [3.63, 3.8) is 0 Å². The average molecular weight is 915 g/mol. The Balaban J connectivity index is 1.14. The Kier molecular flexibility index (Phi) is 8.85. The maximum atomic E-state index is 5.73. The summed E-state index contributed by atoms with van der Waals surface area (Å²) in [6.45, 7) is 0. The Morgan fingerprint density at radius 1 is 0.197 bits per heavy atom. The highest BCUT2D eigenvalue weighted by atomic mass is 32.1. The van der Waals surface area contributed by atoms with Crippen LogP contribution in [-0.2, 0) is 0 Å². The van der Waals surface area contributed by atoms with E-state index in [9.17, 15) is 0 Å². The van der Waals surface area contributed by atoms with Gasteiger partial charge in [-0.3, -0.25) is 0 Å². The van der Waals surface area contributed by atoms with Gasteiger partial charge in [0.25, 0.3) is 0 Å². The summed E-state index contributed by atoms with van der Waals surface area (Å²) in [4.78, 5) is 0.924. The van der Waals surface area contributed by atoms with E-state index in [4.69, 9.17) is 12.6 Å². The first kappa shape index (κ1) is 40.2. The molecule has 328 valence electrons. The van der Waals surface area contributed by atoms with Crippen LogP contribution < -0.4 is 0 Å². The van der Waals surface area contributed by atoms with Crippen molar-refractivity contribution in [1.82, 2.24) is 0 Å². The fourth-order valence-corrected chi connectivity index (χ4v) is 13.0. The van der Waals surface area contributed by atoms with E-state index >= 15 is 0 Å². The molecule has 0 nitrogen and oxygen atoms in total. The van der Waals surface area contributed by atoms with Gasteiger partial charge in [0.05, 0.1) is 0 Å². The topological polar surface area (TPSA) is 0 Å². The number of fused-ring (bicyclic) bond motifs is 4. The van der Waals surface area contributed by atoms with E-state index in [1.165, 1.54) is 142 Å². The lowest BCUT2D eigenvalue weighted by Gasteiger charge is -2.26. The summed E-state index contributed by atoms with van der Waals surface area (Å²) < 4.78 is 0. The normalized spacial score (nSPS) is 12.0. The number of thiol groups is 1. The van der Waals surface area contributed by atoms with Crippen LogP contribution in [0.3, 0.4) is 0 Å². The minimum atomic E-state index is 0.924. The monoisotopic (exact) mass is 914 g/mol. The predicted molar refractivity (Wildman–Crippen MR) is 309 cm³/mol. The molecule has 0 spiro atoms. The van der Waals surface area contributed by atoms with E-state index in [0.29, 0.717) is 0 Å². The molecule has 15 aromatic rings. The zero-order valence-corrected chi connectivity index (χ0v) is 39.5. The summed E-state index contributed by atoms with van der Waals surface area (Å²) in [6.07, 6.45) is 0. The van der Waals surface area contributed by atoms with E-state index in [1.807, 2.05) is 0 Å². The van der Waals surface area contributed by atoms with Gasteiger partial charge in [0.2, 0.25) is 0 Å². The Bertz CT molecular complexity index is 4580. The molecule has 0 aliphatic carbocycles. The molecule has 71 heavy (non-hydrogen) atoms. The van der Waals surface area contributed by atoms with Crippen LogP contribution in [0.2, 0.25) is 0 Å². The number of hydrogen-bond donors (Lipinski definition) is 1. The summed E-state index contributed by atoms with van der Waals surface area (Å²) in [5, 5.41) is 20.3. The fourth-order valence-electron chi connectivity index (χ4n) is 12.7. The van der Waals surface area contributed by atoms with Crippen molar-refractivity contribution >= 4 is 98.8 Å². The zero-order chi connectivity index (χ0) is 46.7. The van der Waals surface area contributed by atoms with Crippen LogP contribution in [0.5, 0.6) is 0 Å². The molecule has 0 aliphatic rings. The summed E-state index contributed by atoms with van der Waals surface area (Å²) in [5.74, 6) is 0. The molecule has 0 saturated carbocycles. The lowest BCUT2D eigenvalue weighted by atomic mass is 9.77. The van der Waals surface area contributed by atoms with Gasteiger partial charge >= 0.3 is 0 Å². The van der Waals surface area contributed by atoms with Crippen molar-refractivity contribution in [3.8, 4) is 66.8 Å². The smallest absolute Gasteiger partial charge is 0.0125 e. The lowest BCUT2D eigenvalue weighted by molar-refractivity contribution is 1.46. The highest BCUT2D eigenvalue weighted by Gasteiger charge is 2.29. The maximum Gasteiger partial charge on any atom is 0.0125 e. The van der Waals surface area contributed by atoms with Crippen LogP contribution in [0.4, 0.5) is 0 Å². The van der Waals surface area contributed by atoms with Gasteiger partial charge in [-0.25, -0.2) is 0 Å². The van der Waals surface area contributed by atoms with Gasteiger partial charge in [0.1, 0.15) is 0 Å². The molecule has 0 atom stereocenters. The molecule has 0 saturated heterocycles. The minimum Gasteiger partial charge on any atom is -0.143 e. The van der Waals surface area contributed by atoms with Crippen LogP contribution in [0.25, 0.3) is 153 Å². The Morgan fingerprint density at radius 2 is 0.535 bits per heavy atom. The van der Waals surface area contributed by atoms with Crippen LogP contribution in [0.1, 0.15) is 0 Å². The molecule has 0 amide bonds. The van der Waals surface area contributed by atoms with Gasteiger partial charge in [0, 0.05) is 4.90 Å². The van der Waals surface area contributed by atoms with Gasteiger partial charge in [-0.15, -0.1) is 12.6 Å². The molecule has 0 bridgehead atoms. The minimum absolute atomic E-state index is 0.924. The third-order valence-corrected chi connectivity index (χ3v) is 15.8. The first-order chi connectivity index (χ1) is 35.2. The van der Waals surface area contributed by atoms with E-state index in [0.717, 1.165) is 16.0 Å². The SMILES string of the molecule is Sc1cc(-c2c(-c3ccccc3)c(-c3ccccc3)c3cccc4c5cccc6cccc(c2c34)c65)ccc1-c1c(-c2ccccc2)c(-c2ccccc2)c2cccc3c4cccc5cccc(c1c23)c54. The van der Waals surface area contributed by atoms with Crippen molar-refractivity contribution < 1.29 is 0 Å². The second-order valence-corrected chi connectivity index (χ2v) is 19.6. The average Bonchev–Trinajstić information content (AvgIpc) is 3.44. The van der Waals surface area contributed by atoms with E-state index in [-0.39, 0.29) is 0 Å². The van der Waals surface area contributed by atoms with Crippen molar-refractivity contribution in [2.75, 3.05) is 0 Å². The number of rotatable bonds is 6.